The van der Waals surface area contributed by atoms with E-state index in [1.54, 1.807) is 14.1 Å². The molecule has 0 fully saturated rings. The lowest BCUT2D eigenvalue weighted by atomic mass is 9.96. The molecule has 0 unspecified atom stereocenters. The van der Waals surface area contributed by atoms with Gasteiger partial charge in [-0.3, -0.25) is 5.32 Å². The van der Waals surface area contributed by atoms with Crippen LogP contribution in [0.25, 0.3) is 0 Å². The van der Waals surface area contributed by atoms with Crippen LogP contribution in [0.15, 0.2) is 29.4 Å². The lowest BCUT2D eigenvalue weighted by Crippen LogP contribution is -2.29. The predicted molar refractivity (Wildman–Crippen MR) is 110 cm³/mol. The topological polar surface area (TPSA) is 89.3 Å². The first kappa shape index (κ1) is 24.5. The summed E-state index contributed by atoms with van der Waals surface area (Å²) in [7, 11) is 3.20. The molecule has 1 heterocycles. The minimum Gasteiger partial charge on any atom is -0.448 e. The van der Waals surface area contributed by atoms with Crippen molar-refractivity contribution in [1.29, 1.82) is 0 Å². The molecule has 0 aliphatic rings. The van der Waals surface area contributed by atoms with Crippen LogP contribution >= 0.6 is 11.8 Å². The SMILES string of the molecule is CN(C)C(=O)n1nc(C(C)(C)C)nc1SCCOC(=O)Nc1ccc(C(F)(F)F)cc1. The summed E-state index contributed by atoms with van der Waals surface area (Å²) in [6, 6.07) is 3.66. The molecule has 2 amide bonds. The van der Waals surface area contributed by atoms with Crippen molar-refractivity contribution in [3.8, 4) is 0 Å². The Morgan fingerprint density at radius 2 is 1.77 bits per heavy atom. The molecule has 0 saturated carbocycles. The molecule has 0 aliphatic heterocycles. The Morgan fingerprint density at radius 1 is 1.16 bits per heavy atom. The Kier molecular flexibility index (Phi) is 7.58. The summed E-state index contributed by atoms with van der Waals surface area (Å²) >= 11 is 1.19. The van der Waals surface area contributed by atoms with Crippen LogP contribution in [-0.2, 0) is 16.3 Å². The zero-order valence-corrected chi connectivity index (χ0v) is 18.6. The minimum absolute atomic E-state index is 0.00893. The molecule has 1 aromatic carbocycles. The van der Waals surface area contributed by atoms with Gasteiger partial charge < -0.3 is 9.64 Å². The van der Waals surface area contributed by atoms with Gasteiger partial charge in [0.25, 0.3) is 0 Å². The molecular formula is C19H24F3N5O3S. The second-order valence-electron chi connectivity index (χ2n) is 7.74. The Bertz CT molecular complexity index is 921. The maximum Gasteiger partial charge on any atom is 0.416 e. The Labute approximate surface area is 182 Å². The molecule has 170 valence electrons. The Balaban J connectivity index is 1.91. The predicted octanol–water partition coefficient (Wildman–Crippen LogP) is 4.46. The number of benzene rings is 1. The molecule has 0 saturated heterocycles. The molecule has 2 rings (SSSR count). The zero-order valence-electron chi connectivity index (χ0n) is 17.8. The molecule has 12 heteroatoms. The number of carbonyl (C=O) groups is 2. The van der Waals surface area contributed by atoms with Gasteiger partial charge in [-0.15, -0.1) is 5.10 Å². The van der Waals surface area contributed by atoms with Gasteiger partial charge in [-0.25, -0.2) is 14.6 Å². The fourth-order valence-electron chi connectivity index (χ4n) is 2.19. The number of alkyl halides is 3. The summed E-state index contributed by atoms with van der Waals surface area (Å²) in [5.74, 6) is 0.801. The molecule has 2 aromatic rings. The van der Waals surface area contributed by atoms with Crippen LogP contribution in [0.5, 0.6) is 0 Å². The summed E-state index contributed by atoms with van der Waals surface area (Å²) < 4.78 is 43.9. The van der Waals surface area contributed by atoms with Crippen molar-refractivity contribution in [3.63, 3.8) is 0 Å². The van der Waals surface area contributed by atoms with Crippen LogP contribution in [0.2, 0.25) is 0 Å². The lowest BCUT2D eigenvalue weighted by Gasteiger charge is -2.13. The number of nitrogens with one attached hydrogen (secondary N) is 1. The summed E-state index contributed by atoms with van der Waals surface area (Å²) in [5, 5.41) is 7.02. The van der Waals surface area contributed by atoms with Crippen molar-refractivity contribution in [2.24, 2.45) is 0 Å². The molecule has 0 radical (unpaired) electrons. The number of carbonyl (C=O) groups excluding carboxylic acids is 2. The summed E-state index contributed by atoms with van der Waals surface area (Å²) in [4.78, 5) is 30.0. The highest BCUT2D eigenvalue weighted by atomic mass is 32.2. The number of hydrogen-bond donors (Lipinski definition) is 1. The molecule has 0 bridgehead atoms. The molecule has 0 spiro atoms. The number of aromatic nitrogens is 3. The van der Waals surface area contributed by atoms with Gasteiger partial charge in [0.1, 0.15) is 6.61 Å². The third-order valence-electron chi connectivity index (χ3n) is 3.82. The first-order valence-electron chi connectivity index (χ1n) is 9.22. The van der Waals surface area contributed by atoms with Gasteiger partial charge in [0.15, 0.2) is 11.0 Å². The molecule has 1 N–H and O–H groups in total. The number of rotatable bonds is 5. The van der Waals surface area contributed by atoms with Crippen LogP contribution in [0.4, 0.5) is 28.4 Å². The van der Waals surface area contributed by atoms with Gasteiger partial charge in [0.05, 0.1) is 5.56 Å². The van der Waals surface area contributed by atoms with Crippen LogP contribution in [0.3, 0.4) is 0 Å². The average molecular weight is 459 g/mol. The van der Waals surface area contributed by atoms with E-state index in [2.05, 4.69) is 15.4 Å². The van der Waals surface area contributed by atoms with Crippen LogP contribution in [0, 0.1) is 0 Å². The van der Waals surface area contributed by atoms with Crippen molar-refractivity contribution < 1.29 is 27.5 Å². The maximum atomic E-state index is 12.6. The number of anilines is 1. The highest BCUT2D eigenvalue weighted by Gasteiger charge is 2.30. The van der Waals surface area contributed by atoms with Gasteiger partial charge in [-0.2, -0.15) is 17.9 Å². The molecular weight excluding hydrogens is 435 g/mol. The first-order chi connectivity index (χ1) is 14.3. The highest BCUT2D eigenvalue weighted by Crippen LogP contribution is 2.30. The second-order valence-corrected chi connectivity index (χ2v) is 8.80. The van der Waals surface area contributed by atoms with Crippen LogP contribution in [-0.4, -0.2) is 58.2 Å². The van der Waals surface area contributed by atoms with E-state index in [9.17, 15) is 22.8 Å². The average Bonchev–Trinajstić information content (AvgIpc) is 3.08. The smallest absolute Gasteiger partial charge is 0.416 e. The van der Waals surface area contributed by atoms with E-state index in [1.807, 2.05) is 20.8 Å². The third-order valence-corrected chi connectivity index (χ3v) is 4.71. The van der Waals surface area contributed by atoms with E-state index < -0.39 is 17.8 Å². The Morgan fingerprint density at radius 3 is 2.29 bits per heavy atom. The third kappa shape index (κ3) is 6.88. The number of halogens is 3. The summed E-state index contributed by atoms with van der Waals surface area (Å²) in [5.41, 5.74) is -0.990. The number of nitrogens with zero attached hydrogens (tertiary/aromatic N) is 4. The van der Waals surface area contributed by atoms with E-state index in [1.165, 1.54) is 21.3 Å². The van der Waals surface area contributed by atoms with E-state index in [0.717, 1.165) is 24.3 Å². The molecule has 8 nitrogen and oxygen atoms in total. The normalized spacial score (nSPS) is 11.9. The van der Waals surface area contributed by atoms with Crippen LogP contribution < -0.4 is 5.32 Å². The molecule has 31 heavy (non-hydrogen) atoms. The molecule has 0 aliphatic carbocycles. The zero-order chi connectivity index (χ0) is 23.4. The van der Waals surface area contributed by atoms with E-state index in [0.29, 0.717) is 16.7 Å². The van der Waals surface area contributed by atoms with Gasteiger partial charge in [-0.05, 0) is 24.3 Å². The fraction of sp³-hybridized carbons (Fsp3) is 0.474. The lowest BCUT2D eigenvalue weighted by molar-refractivity contribution is -0.137. The van der Waals surface area contributed by atoms with E-state index in [4.69, 9.17) is 4.74 Å². The highest BCUT2D eigenvalue weighted by molar-refractivity contribution is 7.99. The van der Waals surface area contributed by atoms with Crippen molar-refractivity contribution in [2.75, 3.05) is 31.8 Å². The van der Waals surface area contributed by atoms with Crippen LogP contribution in [0.1, 0.15) is 32.2 Å². The standard InChI is InChI=1S/C19H24F3N5O3S/c1-18(2,3)14-24-15(27(25-14)17(29)26(4)5)31-11-10-30-16(28)23-13-8-6-12(7-9-13)19(20,21)22/h6-9H,10-11H2,1-5H3,(H,23,28). The van der Waals surface area contributed by atoms with Gasteiger partial charge >= 0.3 is 18.3 Å². The fourth-order valence-corrected chi connectivity index (χ4v) is 2.93. The quantitative estimate of drug-likeness (QED) is 0.524. The number of ether oxygens (including phenoxy) is 1. The van der Waals surface area contributed by atoms with E-state index in [-0.39, 0.29) is 23.7 Å². The number of amides is 2. The van der Waals surface area contributed by atoms with Crippen molar-refractivity contribution >= 4 is 29.6 Å². The largest absolute Gasteiger partial charge is 0.448 e. The van der Waals surface area contributed by atoms with Crippen molar-refractivity contribution in [3.05, 3.63) is 35.7 Å². The number of thioether (sulfide) groups is 1. The monoisotopic (exact) mass is 459 g/mol. The van der Waals surface area contributed by atoms with E-state index >= 15 is 0 Å². The second kappa shape index (κ2) is 9.58. The minimum atomic E-state index is -4.45. The molecule has 1 aromatic heterocycles. The maximum absolute atomic E-state index is 12.6. The first-order valence-corrected chi connectivity index (χ1v) is 10.2. The van der Waals surface area contributed by atoms with Crippen molar-refractivity contribution in [2.45, 2.75) is 37.5 Å². The van der Waals surface area contributed by atoms with Gasteiger partial charge in [0.2, 0.25) is 0 Å². The summed E-state index contributed by atoms with van der Waals surface area (Å²) in [6.45, 7) is 5.77. The molecule has 0 atom stereocenters. The van der Waals surface area contributed by atoms with Gasteiger partial charge in [0, 0.05) is 31.0 Å². The summed E-state index contributed by atoms with van der Waals surface area (Å²) in [6.07, 6.45) is -5.25. The Hall–Kier alpha value is -2.76. The number of hydrogen-bond acceptors (Lipinski definition) is 6. The van der Waals surface area contributed by atoms with Crippen molar-refractivity contribution in [1.82, 2.24) is 19.7 Å². The van der Waals surface area contributed by atoms with Gasteiger partial charge in [-0.1, -0.05) is 32.5 Å².